The number of benzene rings is 2. The molecular weight excluding hydrogens is 449 g/mol. The number of aromatic amines is 1. The number of halogens is 2. The Hall–Kier alpha value is -3.42. The van der Waals surface area contributed by atoms with Gasteiger partial charge in [-0.05, 0) is 47.0 Å². The molecule has 0 spiro atoms. The lowest BCUT2D eigenvalue weighted by atomic mass is 10.1. The van der Waals surface area contributed by atoms with Crippen LogP contribution in [0.4, 0.5) is 0 Å². The minimum Gasteiger partial charge on any atom is -0.497 e. The van der Waals surface area contributed by atoms with Crippen molar-refractivity contribution in [2.24, 2.45) is 0 Å². The first-order valence-electron chi connectivity index (χ1n) is 9.79. The summed E-state index contributed by atoms with van der Waals surface area (Å²) in [6.07, 6.45) is 4.31. The predicted octanol–water partition coefficient (Wildman–Crippen LogP) is 4.76. The molecule has 0 aliphatic heterocycles. The van der Waals surface area contributed by atoms with Crippen molar-refractivity contribution in [3.63, 3.8) is 0 Å². The van der Waals surface area contributed by atoms with Gasteiger partial charge in [-0.2, -0.15) is 5.21 Å². The van der Waals surface area contributed by atoms with Crippen LogP contribution < -0.4 is 10.3 Å². The molecular formula is C23H19Cl2N5O2. The SMILES string of the molecule is COc1cccc(C=Cc2c(Cl)cc(Cl)c(=O)n2CCc2ccc(-c3nn[nH]n3)cc2)c1. The highest BCUT2D eigenvalue weighted by Crippen LogP contribution is 2.22. The second-order valence-corrected chi connectivity index (χ2v) is 7.79. The number of nitrogens with zero attached hydrogens (tertiary/aromatic N) is 4. The number of tetrazole rings is 1. The van der Waals surface area contributed by atoms with E-state index in [2.05, 4.69) is 20.6 Å². The minimum atomic E-state index is -0.287. The number of hydrogen-bond acceptors (Lipinski definition) is 5. The van der Waals surface area contributed by atoms with Crippen LogP contribution in [0, 0.1) is 0 Å². The van der Waals surface area contributed by atoms with Gasteiger partial charge in [0, 0.05) is 12.1 Å². The summed E-state index contributed by atoms with van der Waals surface area (Å²) in [7, 11) is 1.62. The molecule has 9 heteroatoms. The van der Waals surface area contributed by atoms with Crippen LogP contribution in [-0.4, -0.2) is 32.3 Å². The maximum atomic E-state index is 12.8. The third kappa shape index (κ3) is 4.90. The zero-order valence-electron chi connectivity index (χ0n) is 17.1. The molecule has 0 atom stereocenters. The van der Waals surface area contributed by atoms with Crippen molar-refractivity contribution in [3.05, 3.63) is 91.8 Å². The minimum absolute atomic E-state index is 0.0842. The van der Waals surface area contributed by atoms with Crippen molar-refractivity contribution in [3.8, 4) is 17.1 Å². The first-order chi connectivity index (χ1) is 15.5. The van der Waals surface area contributed by atoms with E-state index in [9.17, 15) is 4.79 Å². The van der Waals surface area contributed by atoms with Gasteiger partial charge in [0.05, 0.1) is 17.8 Å². The monoisotopic (exact) mass is 467 g/mol. The Bertz CT molecular complexity index is 1300. The highest BCUT2D eigenvalue weighted by atomic mass is 35.5. The number of aromatic nitrogens is 5. The average molecular weight is 468 g/mol. The molecule has 162 valence electrons. The van der Waals surface area contributed by atoms with Gasteiger partial charge in [-0.15, -0.1) is 10.2 Å². The van der Waals surface area contributed by atoms with Gasteiger partial charge in [0.15, 0.2) is 0 Å². The van der Waals surface area contributed by atoms with Crippen molar-refractivity contribution in [1.29, 1.82) is 0 Å². The molecule has 1 N–H and O–H groups in total. The van der Waals surface area contributed by atoms with Crippen LogP contribution in [0.5, 0.6) is 5.75 Å². The highest BCUT2D eigenvalue weighted by molar-refractivity contribution is 6.35. The molecule has 4 aromatic rings. The summed E-state index contributed by atoms with van der Waals surface area (Å²) in [5.74, 6) is 1.27. The quantitative estimate of drug-likeness (QED) is 0.423. The number of nitrogens with one attached hydrogen (secondary N) is 1. The largest absolute Gasteiger partial charge is 0.497 e. The molecule has 2 heterocycles. The summed E-state index contributed by atoms with van der Waals surface area (Å²) in [6, 6.07) is 16.8. The van der Waals surface area contributed by atoms with E-state index in [1.165, 1.54) is 6.07 Å². The zero-order chi connectivity index (χ0) is 22.5. The van der Waals surface area contributed by atoms with E-state index in [0.717, 1.165) is 22.4 Å². The number of H-pyrrole nitrogens is 1. The van der Waals surface area contributed by atoms with E-state index in [1.807, 2.05) is 60.7 Å². The van der Waals surface area contributed by atoms with E-state index < -0.39 is 0 Å². The Morgan fingerprint density at radius 3 is 2.59 bits per heavy atom. The van der Waals surface area contributed by atoms with Crippen LogP contribution >= 0.6 is 23.2 Å². The molecule has 32 heavy (non-hydrogen) atoms. The molecule has 7 nitrogen and oxygen atoms in total. The molecule has 0 bridgehead atoms. The standard InChI is InChI=1S/C23H19Cl2N5O2/c1-32-18-4-2-3-16(13-18)7-10-21-19(24)14-20(25)23(31)30(21)12-11-15-5-8-17(9-6-15)22-26-28-29-27-22/h2-10,13-14H,11-12H2,1H3,(H,26,27,28,29). The molecule has 0 aliphatic carbocycles. The molecule has 0 aliphatic rings. The van der Waals surface area contributed by atoms with Crippen molar-refractivity contribution in [1.82, 2.24) is 25.2 Å². The number of rotatable bonds is 7. The second-order valence-electron chi connectivity index (χ2n) is 6.97. The van der Waals surface area contributed by atoms with E-state index in [0.29, 0.717) is 29.5 Å². The number of hydrogen-bond donors (Lipinski definition) is 1. The average Bonchev–Trinajstić information content (AvgIpc) is 3.35. The van der Waals surface area contributed by atoms with E-state index in [-0.39, 0.29) is 10.6 Å². The number of aryl methyl sites for hydroxylation is 1. The van der Waals surface area contributed by atoms with Gasteiger partial charge in [0.25, 0.3) is 5.56 Å². The molecule has 0 unspecified atom stereocenters. The van der Waals surface area contributed by atoms with Gasteiger partial charge in [-0.1, -0.05) is 65.7 Å². The Balaban J connectivity index is 1.59. The molecule has 4 rings (SSSR count). The van der Waals surface area contributed by atoms with Crippen LogP contribution in [0.25, 0.3) is 23.5 Å². The summed E-state index contributed by atoms with van der Waals surface area (Å²) in [5.41, 5.74) is 3.12. The molecule has 0 saturated carbocycles. The fourth-order valence-corrected chi connectivity index (χ4v) is 3.81. The zero-order valence-corrected chi connectivity index (χ0v) is 18.6. The first kappa shape index (κ1) is 21.8. The lowest BCUT2D eigenvalue weighted by Gasteiger charge is -2.13. The summed E-state index contributed by atoms with van der Waals surface area (Å²) < 4.78 is 6.85. The van der Waals surface area contributed by atoms with Crippen molar-refractivity contribution >= 4 is 35.4 Å². The lowest BCUT2D eigenvalue weighted by molar-refractivity contribution is 0.414. The van der Waals surface area contributed by atoms with Crippen LogP contribution in [0.2, 0.25) is 10.0 Å². The number of methoxy groups -OCH3 is 1. The summed E-state index contributed by atoms with van der Waals surface area (Å²) >= 11 is 12.6. The summed E-state index contributed by atoms with van der Waals surface area (Å²) in [4.78, 5) is 12.8. The van der Waals surface area contributed by atoms with Crippen LogP contribution in [0.1, 0.15) is 16.8 Å². The molecule has 0 amide bonds. The number of ether oxygens (including phenoxy) is 1. The molecule has 0 fully saturated rings. The third-order valence-electron chi connectivity index (χ3n) is 4.95. The third-order valence-corrected chi connectivity index (χ3v) is 5.52. The highest BCUT2D eigenvalue weighted by Gasteiger charge is 2.11. The predicted molar refractivity (Wildman–Crippen MR) is 126 cm³/mol. The normalized spacial score (nSPS) is 11.2. The Morgan fingerprint density at radius 2 is 1.88 bits per heavy atom. The summed E-state index contributed by atoms with van der Waals surface area (Å²) in [5, 5.41) is 14.4. The Labute approximate surface area is 194 Å². The van der Waals surface area contributed by atoms with Gasteiger partial charge in [0.2, 0.25) is 5.82 Å². The second kappa shape index (κ2) is 9.80. The molecule has 0 radical (unpaired) electrons. The van der Waals surface area contributed by atoms with Gasteiger partial charge >= 0.3 is 0 Å². The molecule has 2 aromatic carbocycles. The van der Waals surface area contributed by atoms with Gasteiger partial charge in [-0.25, -0.2) is 0 Å². The molecule has 2 aromatic heterocycles. The van der Waals surface area contributed by atoms with Crippen LogP contribution in [0.3, 0.4) is 0 Å². The Kier molecular flexibility index (Phi) is 6.68. The molecule has 0 saturated heterocycles. The lowest BCUT2D eigenvalue weighted by Crippen LogP contribution is -2.24. The maximum Gasteiger partial charge on any atom is 0.269 e. The van der Waals surface area contributed by atoms with E-state index in [4.69, 9.17) is 27.9 Å². The van der Waals surface area contributed by atoms with E-state index >= 15 is 0 Å². The van der Waals surface area contributed by atoms with Crippen molar-refractivity contribution in [2.75, 3.05) is 7.11 Å². The smallest absolute Gasteiger partial charge is 0.269 e. The fraction of sp³-hybridized carbons (Fsp3) is 0.130. The summed E-state index contributed by atoms with van der Waals surface area (Å²) in [6.45, 7) is 0.415. The Morgan fingerprint density at radius 1 is 1.06 bits per heavy atom. The van der Waals surface area contributed by atoms with Crippen LogP contribution in [0.15, 0.2) is 59.4 Å². The van der Waals surface area contributed by atoms with Gasteiger partial charge in [-0.3, -0.25) is 4.79 Å². The first-order valence-corrected chi connectivity index (χ1v) is 10.5. The van der Waals surface area contributed by atoms with Crippen LogP contribution in [-0.2, 0) is 13.0 Å². The van der Waals surface area contributed by atoms with Gasteiger partial charge < -0.3 is 9.30 Å². The maximum absolute atomic E-state index is 12.8. The fourth-order valence-electron chi connectivity index (χ4n) is 3.27. The van der Waals surface area contributed by atoms with Gasteiger partial charge in [0.1, 0.15) is 10.8 Å². The van der Waals surface area contributed by atoms with E-state index in [1.54, 1.807) is 11.7 Å². The topological polar surface area (TPSA) is 85.7 Å². The van der Waals surface area contributed by atoms with Crippen molar-refractivity contribution in [2.45, 2.75) is 13.0 Å². The number of pyridine rings is 1. The van der Waals surface area contributed by atoms with Crippen molar-refractivity contribution < 1.29 is 4.74 Å².